The number of hydrogen-bond acceptors (Lipinski definition) is 3. The smallest absolute Gasteiger partial charge is 0.312 e. The average Bonchev–Trinajstić information content (AvgIpc) is 2.53. The zero-order valence-electron chi connectivity index (χ0n) is 8.43. The Balaban J connectivity index is 2.54. The topological polar surface area (TPSA) is 72.5 Å². The molecule has 0 fully saturated rings. The Morgan fingerprint density at radius 2 is 2.33 bits per heavy atom. The van der Waals surface area contributed by atoms with Gasteiger partial charge in [-0.25, -0.2) is 0 Å². The summed E-state index contributed by atoms with van der Waals surface area (Å²) in [7, 11) is 1.54. The van der Waals surface area contributed by atoms with Crippen LogP contribution in [0.5, 0.6) is 5.75 Å². The van der Waals surface area contributed by atoms with Crippen LogP contribution in [0.25, 0.3) is 0 Å². The van der Waals surface area contributed by atoms with Crippen LogP contribution in [0, 0.1) is 0 Å². The fraction of sp³-hybridized carbons (Fsp3) is 0.364. The van der Waals surface area contributed by atoms with Crippen LogP contribution in [0.2, 0.25) is 0 Å². The normalized spacial score (nSPS) is 23.6. The van der Waals surface area contributed by atoms with Gasteiger partial charge in [-0.05, 0) is 18.1 Å². The molecule has 0 heterocycles. The lowest BCUT2D eigenvalue weighted by Crippen LogP contribution is -2.30. The highest BCUT2D eigenvalue weighted by molar-refractivity contribution is 5.80. The van der Waals surface area contributed by atoms with Gasteiger partial charge in [-0.1, -0.05) is 12.1 Å². The highest BCUT2D eigenvalue weighted by atomic mass is 16.5. The Kier molecular flexibility index (Phi) is 2.36. The third-order valence-electron chi connectivity index (χ3n) is 2.84. The summed E-state index contributed by atoms with van der Waals surface area (Å²) in [6.45, 7) is 0. The van der Waals surface area contributed by atoms with Gasteiger partial charge >= 0.3 is 5.97 Å². The minimum atomic E-state index is -0.884. The van der Waals surface area contributed by atoms with Crippen LogP contribution in [0.3, 0.4) is 0 Å². The van der Waals surface area contributed by atoms with Crippen molar-refractivity contribution in [1.29, 1.82) is 0 Å². The van der Waals surface area contributed by atoms with Crippen molar-refractivity contribution in [3.05, 3.63) is 29.3 Å². The van der Waals surface area contributed by atoms with Crippen LogP contribution >= 0.6 is 0 Å². The molecule has 0 amide bonds. The van der Waals surface area contributed by atoms with Crippen molar-refractivity contribution in [2.45, 2.75) is 18.4 Å². The molecule has 0 aromatic heterocycles. The number of aliphatic carboxylic acids is 1. The van der Waals surface area contributed by atoms with Crippen molar-refractivity contribution in [3.63, 3.8) is 0 Å². The number of rotatable bonds is 2. The first-order chi connectivity index (χ1) is 7.15. The summed E-state index contributed by atoms with van der Waals surface area (Å²) in [6.07, 6.45) is 0.601. The predicted molar refractivity (Wildman–Crippen MR) is 55.1 cm³/mol. The second kappa shape index (κ2) is 3.55. The molecule has 1 aliphatic rings. The molecule has 2 atom stereocenters. The van der Waals surface area contributed by atoms with Gasteiger partial charge in [-0.15, -0.1) is 0 Å². The van der Waals surface area contributed by atoms with Gasteiger partial charge in [0, 0.05) is 11.6 Å². The van der Waals surface area contributed by atoms with E-state index in [1.807, 2.05) is 12.1 Å². The molecule has 4 heteroatoms. The summed E-state index contributed by atoms with van der Waals surface area (Å²) in [6, 6.07) is 5.18. The Bertz CT molecular complexity index is 403. The van der Waals surface area contributed by atoms with E-state index >= 15 is 0 Å². The van der Waals surface area contributed by atoms with Crippen LogP contribution < -0.4 is 10.5 Å². The summed E-state index contributed by atoms with van der Waals surface area (Å²) in [5.41, 5.74) is 7.53. The fourth-order valence-corrected chi connectivity index (χ4v) is 2.19. The van der Waals surface area contributed by atoms with Crippen molar-refractivity contribution >= 4 is 5.97 Å². The Labute approximate surface area is 87.7 Å². The molecule has 0 spiro atoms. The Morgan fingerprint density at radius 3 is 2.93 bits per heavy atom. The molecule has 1 aromatic carbocycles. The minimum absolute atomic E-state index is 0.353. The molecule has 3 N–H and O–H groups in total. The van der Waals surface area contributed by atoms with Crippen molar-refractivity contribution in [2.24, 2.45) is 5.73 Å². The SMILES string of the molecule is COc1cccc2c1C(C(=O)O)C(N)C2. The van der Waals surface area contributed by atoms with Crippen LogP contribution in [-0.2, 0) is 11.2 Å². The molecule has 2 unspecified atom stereocenters. The van der Waals surface area contributed by atoms with E-state index in [0.29, 0.717) is 12.2 Å². The molecular weight excluding hydrogens is 194 g/mol. The van der Waals surface area contributed by atoms with Gasteiger partial charge in [0.15, 0.2) is 0 Å². The van der Waals surface area contributed by atoms with E-state index in [9.17, 15) is 4.79 Å². The Hall–Kier alpha value is -1.55. The van der Waals surface area contributed by atoms with E-state index in [-0.39, 0.29) is 6.04 Å². The highest BCUT2D eigenvalue weighted by Gasteiger charge is 2.37. The van der Waals surface area contributed by atoms with E-state index in [0.717, 1.165) is 11.1 Å². The molecule has 1 aromatic rings. The van der Waals surface area contributed by atoms with E-state index in [1.165, 1.54) is 0 Å². The maximum atomic E-state index is 11.1. The van der Waals surface area contributed by atoms with E-state index in [4.69, 9.17) is 15.6 Å². The average molecular weight is 207 g/mol. The maximum Gasteiger partial charge on any atom is 0.312 e. The third kappa shape index (κ3) is 1.47. The van der Waals surface area contributed by atoms with Crippen LogP contribution in [0.4, 0.5) is 0 Å². The van der Waals surface area contributed by atoms with Gasteiger partial charge in [0.2, 0.25) is 0 Å². The largest absolute Gasteiger partial charge is 0.496 e. The lowest BCUT2D eigenvalue weighted by atomic mass is 9.98. The number of hydrogen-bond donors (Lipinski definition) is 2. The lowest BCUT2D eigenvalue weighted by molar-refractivity contribution is -0.139. The van der Waals surface area contributed by atoms with Crippen LogP contribution in [0.15, 0.2) is 18.2 Å². The number of benzene rings is 1. The number of carbonyl (C=O) groups is 1. The molecule has 0 bridgehead atoms. The summed E-state index contributed by atoms with van der Waals surface area (Å²) in [4.78, 5) is 11.1. The molecule has 80 valence electrons. The van der Waals surface area contributed by atoms with E-state index in [2.05, 4.69) is 0 Å². The van der Waals surface area contributed by atoms with Crippen LogP contribution in [0.1, 0.15) is 17.0 Å². The second-order valence-corrected chi connectivity index (χ2v) is 3.72. The molecule has 0 radical (unpaired) electrons. The number of carboxylic acid groups (broad SMARTS) is 1. The van der Waals surface area contributed by atoms with Gasteiger partial charge in [-0.2, -0.15) is 0 Å². The zero-order valence-corrected chi connectivity index (χ0v) is 8.43. The number of carboxylic acids is 1. The predicted octanol–water partition coefficient (Wildman–Crippen LogP) is 0.747. The van der Waals surface area contributed by atoms with E-state index < -0.39 is 11.9 Å². The van der Waals surface area contributed by atoms with Gasteiger partial charge in [0.25, 0.3) is 0 Å². The zero-order chi connectivity index (χ0) is 11.0. The maximum absolute atomic E-state index is 11.1. The summed E-state index contributed by atoms with van der Waals surface area (Å²) >= 11 is 0. The second-order valence-electron chi connectivity index (χ2n) is 3.72. The summed E-state index contributed by atoms with van der Waals surface area (Å²) in [5, 5.41) is 9.11. The number of fused-ring (bicyclic) bond motifs is 1. The summed E-state index contributed by atoms with van der Waals surface area (Å²) < 4.78 is 5.17. The van der Waals surface area contributed by atoms with Gasteiger partial charge in [-0.3, -0.25) is 4.79 Å². The van der Waals surface area contributed by atoms with E-state index in [1.54, 1.807) is 13.2 Å². The molecule has 0 aliphatic heterocycles. The van der Waals surface area contributed by atoms with Crippen molar-refractivity contribution in [3.8, 4) is 5.75 Å². The first-order valence-corrected chi connectivity index (χ1v) is 4.79. The summed E-state index contributed by atoms with van der Waals surface area (Å²) in [5.74, 6) is -0.908. The number of ether oxygens (including phenoxy) is 1. The molecule has 0 saturated carbocycles. The van der Waals surface area contributed by atoms with Crippen molar-refractivity contribution < 1.29 is 14.6 Å². The Morgan fingerprint density at radius 1 is 1.60 bits per heavy atom. The number of methoxy groups -OCH3 is 1. The fourth-order valence-electron chi connectivity index (χ4n) is 2.19. The molecule has 1 aliphatic carbocycles. The van der Waals surface area contributed by atoms with Gasteiger partial charge < -0.3 is 15.6 Å². The van der Waals surface area contributed by atoms with Crippen molar-refractivity contribution in [2.75, 3.05) is 7.11 Å². The highest BCUT2D eigenvalue weighted by Crippen LogP contribution is 2.38. The molecular formula is C11H13NO3. The number of nitrogens with two attached hydrogens (primary N) is 1. The van der Waals surface area contributed by atoms with Gasteiger partial charge in [0.1, 0.15) is 11.7 Å². The monoisotopic (exact) mass is 207 g/mol. The first-order valence-electron chi connectivity index (χ1n) is 4.79. The minimum Gasteiger partial charge on any atom is -0.496 e. The third-order valence-corrected chi connectivity index (χ3v) is 2.84. The van der Waals surface area contributed by atoms with Crippen LogP contribution in [-0.4, -0.2) is 24.2 Å². The molecule has 2 rings (SSSR count). The lowest BCUT2D eigenvalue weighted by Gasteiger charge is -2.13. The quantitative estimate of drug-likeness (QED) is 0.750. The molecule has 0 saturated heterocycles. The molecule has 4 nitrogen and oxygen atoms in total. The first kappa shape index (κ1) is 9.98. The van der Waals surface area contributed by atoms with Gasteiger partial charge in [0.05, 0.1) is 7.11 Å². The molecule has 15 heavy (non-hydrogen) atoms. The standard InChI is InChI=1S/C11H13NO3/c1-15-8-4-2-3-6-5-7(12)10(9(6)8)11(13)14/h2-4,7,10H,5,12H2,1H3,(H,13,14). The van der Waals surface area contributed by atoms with Crippen molar-refractivity contribution in [1.82, 2.24) is 0 Å².